The van der Waals surface area contributed by atoms with Crippen LogP contribution in [0.25, 0.3) is 0 Å². The van der Waals surface area contributed by atoms with E-state index in [9.17, 15) is 4.79 Å². The molecular weight excluding hydrogens is 324 g/mol. The van der Waals surface area contributed by atoms with Gasteiger partial charge in [-0.15, -0.1) is 0 Å². The Morgan fingerprint density at radius 3 is 2.69 bits per heavy atom. The molecule has 0 atom stereocenters. The first-order valence-electron chi connectivity index (χ1n) is 9.55. The standard InChI is InChI=1S/C21H26N4O/c1-15-16(2)22-14-23-21(15)24-10-7-17(8-11-24)13-20(26)25-12-9-18-5-3-4-6-19(18)25/h3-6,14,17H,7-13H2,1-2H3. The highest BCUT2D eigenvalue weighted by molar-refractivity contribution is 5.95. The maximum atomic E-state index is 12.8. The molecule has 0 N–H and O–H groups in total. The van der Waals surface area contributed by atoms with Crippen LogP contribution in [0.2, 0.25) is 0 Å². The van der Waals surface area contributed by atoms with Crippen LogP contribution < -0.4 is 9.80 Å². The van der Waals surface area contributed by atoms with Crippen LogP contribution in [-0.4, -0.2) is 35.5 Å². The number of carbonyl (C=O) groups is 1. The van der Waals surface area contributed by atoms with Gasteiger partial charge in [0.15, 0.2) is 0 Å². The van der Waals surface area contributed by atoms with Crippen LogP contribution in [0.5, 0.6) is 0 Å². The van der Waals surface area contributed by atoms with Gasteiger partial charge in [-0.3, -0.25) is 4.79 Å². The highest BCUT2D eigenvalue weighted by Crippen LogP contribution is 2.31. The lowest BCUT2D eigenvalue weighted by molar-refractivity contribution is -0.119. The van der Waals surface area contributed by atoms with Crippen LogP contribution in [-0.2, 0) is 11.2 Å². The number of anilines is 2. The van der Waals surface area contributed by atoms with Crippen molar-refractivity contribution in [1.82, 2.24) is 9.97 Å². The number of hydrogen-bond acceptors (Lipinski definition) is 4. The molecule has 0 unspecified atom stereocenters. The number of nitrogens with zero attached hydrogens (tertiary/aromatic N) is 4. The highest BCUT2D eigenvalue weighted by Gasteiger charge is 2.28. The molecule has 2 aliphatic rings. The fourth-order valence-electron chi connectivity index (χ4n) is 4.15. The van der Waals surface area contributed by atoms with Crippen molar-refractivity contribution in [3.63, 3.8) is 0 Å². The second kappa shape index (κ2) is 7.06. The van der Waals surface area contributed by atoms with Crippen molar-refractivity contribution in [2.45, 2.75) is 39.5 Å². The molecule has 1 fully saturated rings. The molecular formula is C21H26N4O. The van der Waals surface area contributed by atoms with Gasteiger partial charge in [0.25, 0.3) is 0 Å². The third-order valence-corrected chi connectivity index (χ3v) is 5.88. The van der Waals surface area contributed by atoms with Crippen LogP contribution in [0.3, 0.4) is 0 Å². The summed E-state index contributed by atoms with van der Waals surface area (Å²) >= 11 is 0. The van der Waals surface area contributed by atoms with Gasteiger partial charge in [-0.2, -0.15) is 0 Å². The Labute approximate surface area is 155 Å². The lowest BCUT2D eigenvalue weighted by atomic mass is 9.92. The van der Waals surface area contributed by atoms with Gasteiger partial charge in [-0.25, -0.2) is 9.97 Å². The number of aromatic nitrogens is 2. The Morgan fingerprint density at radius 1 is 1.12 bits per heavy atom. The van der Waals surface area contributed by atoms with E-state index in [0.717, 1.165) is 61.7 Å². The molecule has 5 nitrogen and oxygen atoms in total. The van der Waals surface area contributed by atoms with Crippen molar-refractivity contribution >= 4 is 17.4 Å². The van der Waals surface area contributed by atoms with Gasteiger partial charge in [0, 0.05) is 43.0 Å². The molecule has 0 saturated carbocycles. The van der Waals surface area contributed by atoms with Crippen molar-refractivity contribution in [2.75, 3.05) is 29.4 Å². The molecule has 0 radical (unpaired) electrons. The minimum Gasteiger partial charge on any atom is -0.356 e. The predicted molar refractivity (Wildman–Crippen MR) is 104 cm³/mol. The summed E-state index contributed by atoms with van der Waals surface area (Å²) in [6.07, 6.45) is 5.38. The smallest absolute Gasteiger partial charge is 0.227 e. The summed E-state index contributed by atoms with van der Waals surface area (Å²) in [5.41, 5.74) is 4.61. The van der Waals surface area contributed by atoms with E-state index in [-0.39, 0.29) is 5.91 Å². The molecule has 4 rings (SSSR count). The number of aryl methyl sites for hydroxylation is 1. The van der Waals surface area contributed by atoms with Gasteiger partial charge in [0.05, 0.1) is 0 Å². The zero-order valence-corrected chi connectivity index (χ0v) is 15.6. The van der Waals surface area contributed by atoms with E-state index in [1.54, 1.807) is 6.33 Å². The first-order valence-corrected chi connectivity index (χ1v) is 9.55. The quantitative estimate of drug-likeness (QED) is 0.852. The van der Waals surface area contributed by atoms with Crippen molar-refractivity contribution < 1.29 is 4.79 Å². The maximum absolute atomic E-state index is 12.8. The van der Waals surface area contributed by atoms with E-state index in [1.165, 1.54) is 5.56 Å². The van der Waals surface area contributed by atoms with Gasteiger partial charge in [-0.1, -0.05) is 18.2 Å². The topological polar surface area (TPSA) is 49.3 Å². The van der Waals surface area contributed by atoms with E-state index >= 15 is 0 Å². The number of para-hydroxylation sites is 1. The summed E-state index contributed by atoms with van der Waals surface area (Å²) in [5, 5.41) is 0. The summed E-state index contributed by atoms with van der Waals surface area (Å²) in [5.74, 6) is 1.80. The fraction of sp³-hybridized carbons (Fsp3) is 0.476. The second-order valence-corrected chi connectivity index (χ2v) is 7.47. The number of amides is 1. The first-order chi connectivity index (χ1) is 12.6. The summed E-state index contributed by atoms with van der Waals surface area (Å²) in [6, 6.07) is 8.28. The van der Waals surface area contributed by atoms with Crippen molar-refractivity contribution in [3.8, 4) is 0 Å². The Balaban J connectivity index is 1.36. The molecule has 1 saturated heterocycles. The Bertz CT molecular complexity index is 811. The van der Waals surface area contributed by atoms with Crippen LogP contribution in [0.1, 0.15) is 36.1 Å². The van der Waals surface area contributed by atoms with Crippen LogP contribution in [0.15, 0.2) is 30.6 Å². The van der Waals surface area contributed by atoms with Crippen LogP contribution in [0, 0.1) is 19.8 Å². The molecule has 1 aromatic heterocycles. The Morgan fingerprint density at radius 2 is 1.88 bits per heavy atom. The third-order valence-electron chi connectivity index (χ3n) is 5.88. The summed E-state index contributed by atoms with van der Waals surface area (Å²) in [6.45, 7) is 6.87. The van der Waals surface area contributed by atoms with Crippen LogP contribution in [0.4, 0.5) is 11.5 Å². The van der Waals surface area contributed by atoms with Gasteiger partial charge in [-0.05, 0) is 50.7 Å². The number of carbonyl (C=O) groups excluding carboxylic acids is 1. The Kier molecular flexibility index (Phi) is 4.62. The minimum atomic E-state index is 0.280. The maximum Gasteiger partial charge on any atom is 0.227 e. The zero-order valence-electron chi connectivity index (χ0n) is 15.6. The van der Waals surface area contributed by atoms with Crippen LogP contribution >= 0.6 is 0 Å². The number of piperidine rings is 1. The average molecular weight is 350 g/mol. The third kappa shape index (κ3) is 3.18. The molecule has 0 aliphatic carbocycles. The average Bonchev–Trinajstić information content (AvgIpc) is 3.09. The highest BCUT2D eigenvalue weighted by atomic mass is 16.2. The van der Waals surface area contributed by atoms with E-state index in [2.05, 4.69) is 40.0 Å². The number of hydrogen-bond donors (Lipinski definition) is 0. The largest absolute Gasteiger partial charge is 0.356 e. The van der Waals surface area contributed by atoms with Crippen molar-refractivity contribution in [1.29, 1.82) is 0 Å². The molecule has 136 valence electrons. The summed E-state index contributed by atoms with van der Waals surface area (Å²) < 4.78 is 0. The second-order valence-electron chi connectivity index (χ2n) is 7.47. The van der Waals surface area contributed by atoms with Gasteiger partial charge < -0.3 is 9.80 Å². The van der Waals surface area contributed by atoms with Gasteiger partial charge in [0.2, 0.25) is 5.91 Å². The number of rotatable bonds is 3. The molecule has 3 heterocycles. The Hall–Kier alpha value is -2.43. The summed E-state index contributed by atoms with van der Waals surface area (Å²) in [4.78, 5) is 25.9. The van der Waals surface area contributed by atoms with Gasteiger partial charge in [0.1, 0.15) is 12.1 Å². The normalized spacial score (nSPS) is 17.5. The van der Waals surface area contributed by atoms with E-state index in [0.29, 0.717) is 12.3 Å². The molecule has 1 amide bonds. The molecule has 26 heavy (non-hydrogen) atoms. The molecule has 2 aliphatic heterocycles. The lowest BCUT2D eigenvalue weighted by Gasteiger charge is -2.34. The molecule has 2 aromatic rings. The monoisotopic (exact) mass is 350 g/mol. The molecule has 0 spiro atoms. The SMILES string of the molecule is Cc1ncnc(N2CCC(CC(=O)N3CCc4ccccc43)CC2)c1C. The van der Waals surface area contributed by atoms with E-state index in [4.69, 9.17) is 0 Å². The van der Waals surface area contributed by atoms with Crippen molar-refractivity contribution in [2.24, 2.45) is 5.92 Å². The molecule has 0 bridgehead atoms. The fourth-order valence-corrected chi connectivity index (χ4v) is 4.15. The van der Waals surface area contributed by atoms with E-state index < -0.39 is 0 Å². The number of fused-ring (bicyclic) bond motifs is 1. The first kappa shape index (κ1) is 17.0. The summed E-state index contributed by atoms with van der Waals surface area (Å²) in [7, 11) is 0. The minimum absolute atomic E-state index is 0.280. The predicted octanol–water partition coefficient (Wildman–Crippen LogP) is 3.29. The van der Waals surface area contributed by atoms with E-state index in [1.807, 2.05) is 17.9 Å². The van der Waals surface area contributed by atoms with Gasteiger partial charge >= 0.3 is 0 Å². The zero-order chi connectivity index (χ0) is 18.1. The lowest BCUT2D eigenvalue weighted by Crippen LogP contribution is -2.37. The molecule has 5 heteroatoms. The van der Waals surface area contributed by atoms with Crippen molar-refractivity contribution in [3.05, 3.63) is 47.4 Å². The molecule has 1 aromatic carbocycles. The number of benzene rings is 1.